The van der Waals surface area contributed by atoms with Crippen LogP contribution >= 0.6 is 11.6 Å². The first-order valence-corrected chi connectivity index (χ1v) is 8.77. The van der Waals surface area contributed by atoms with Crippen molar-refractivity contribution in [2.75, 3.05) is 26.3 Å². The number of nitrogens with one attached hydrogen (secondary N) is 2. The van der Waals surface area contributed by atoms with E-state index in [9.17, 15) is 8.78 Å². The van der Waals surface area contributed by atoms with Crippen molar-refractivity contribution in [3.63, 3.8) is 0 Å². The summed E-state index contributed by atoms with van der Waals surface area (Å²) in [6.07, 6.45) is 1.90. The fourth-order valence-corrected chi connectivity index (χ4v) is 2.26. The summed E-state index contributed by atoms with van der Waals surface area (Å²) in [4.78, 5) is 4.41. The molecular weight excluding hydrogens is 352 g/mol. The lowest BCUT2D eigenvalue weighted by atomic mass is 10.2. The largest absolute Gasteiger partial charge is 0.434 e. The van der Waals surface area contributed by atoms with Crippen molar-refractivity contribution in [2.45, 2.75) is 39.8 Å². The van der Waals surface area contributed by atoms with Gasteiger partial charge in [0, 0.05) is 36.9 Å². The predicted octanol–water partition coefficient (Wildman–Crippen LogP) is 3.81. The monoisotopic (exact) mass is 377 g/mol. The molecule has 0 bridgehead atoms. The van der Waals surface area contributed by atoms with Crippen LogP contribution in [0.1, 0.15) is 32.3 Å². The van der Waals surface area contributed by atoms with Gasteiger partial charge in [-0.2, -0.15) is 8.78 Å². The molecule has 25 heavy (non-hydrogen) atoms. The zero-order valence-corrected chi connectivity index (χ0v) is 15.4. The van der Waals surface area contributed by atoms with Gasteiger partial charge in [0.15, 0.2) is 5.96 Å². The zero-order valence-electron chi connectivity index (χ0n) is 14.7. The summed E-state index contributed by atoms with van der Waals surface area (Å²) < 4.78 is 34.8. The van der Waals surface area contributed by atoms with Crippen LogP contribution in [0.3, 0.4) is 0 Å². The Kier molecular flexibility index (Phi) is 10.9. The summed E-state index contributed by atoms with van der Waals surface area (Å²) in [6, 6.07) is 4.51. The van der Waals surface area contributed by atoms with Crippen LogP contribution in [0, 0.1) is 0 Å². The molecular formula is C17H26ClF2N3O2. The molecule has 0 atom stereocenters. The average molecular weight is 378 g/mol. The molecule has 0 radical (unpaired) electrons. The van der Waals surface area contributed by atoms with Crippen molar-refractivity contribution in [2.24, 2.45) is 4.99 Å². The Balaban J connectivity index is 2.62. The van der Waals surface area contributed by atoms with Crippen LogP contribution in [0.15, 0.2) is 23.2 Å². The van der Waals surface area contributed by atoms with E-state index in [0.717, 1.165) is 32.6 Å². The third kappa shape index (κ3) is 9.45. The number of ether oxygens (including phenoxy) is 2. The molecule has 0 saturated carbocycles. The minimum Gasteiger partial charge on any atom is -0.434 e. The lowest BCUT2D eigenvalue weighted by Gasteiger charge is -2.13. The van der Waals surface area contributed by atoms with Crippen molar-refractivity contribution >= 4 is 17.6 Å². The maximum atomic E-state index is 12.5. The van der Waals surface area contributed by atoms with Crippen molar-refractivity contribution in [3.05, 3.63) is 28.8 Å². The lowest BCUT2D eigenvalue weighted by Crippen LogP contribution is -2.37. The van der Waals surface area contributed by atoms with Gasteiger partial charge in [-0.05, 0) is 44.9 Å². The highest BCUT2D eigenvalue weighted by atomic mass is 35.5. The van der Waals surface area contributed by atoms with Crippen LogP contribution in [-0.2, 0) is 11.3 Å². The van der Waals surface area contributed by atoms with E-state index in [1.807, 2.05) is 13.8 Å². The van der Waals surface area contributed by atoms with Gasteiger partial charge in [-0.15, -0.1) is 0 Å². The van der Waals surface area contributed by atoms with Gasteiger partial charge in [-0.25, -0.2) is 4.99 Å². The molecule has 142 valence electrons. The molecule has 0 aliphatic carbocycles. The quantitative estimate of drug-likeness (QED) is 0.350. The van der Waals surface area contributed by atoms with Crippen molar-refractivity contribution in [1.29, 1.82) is 0 Å². The molecule has 0 aliphatic rings. The van der Waals surface area contributed by atoms with Crippen LogP contribution < -0.4 is 15.4 Å². The molecule has 0 aromatic heterocycles. The van der Waals surface area contributed by atoms with Crippen LogP contribution in [0.4, 0.5) is 8.78 Å². The molecule has 8 heteroatoms. The number of guanidine groups is 1. The van der Waals surface area contributed by atoms with E-state index < -0.39 is 6.61 Å². The third-order valence-electron chi connectivity index (χ3n) is 3.20. The van der Waals surface area contributed by atoms with E-state index in [-0.39, 0.29) is 12.3 Å². The van der Waals surface area contributed by atoms with E-state index >= 15 is 0 Å². The lowest BCUT2D eigenvalue weighted by molar-refractivity contribution is -0.0504. The third-order valence-corrected chi connectivity index (χ3v) is 3.44. The van der Waals surface area contributed by atoms with Crippen LogP contribution in [0.25, 0.3) is 0 Å². The highest BCUT2D eigenvalue weighted by Gasteiger charge is 2.10. The van der Waals surface area contributed by atoms with Crippen LogP contribution in [0.5, 0.6) is 5.75 Å². The fourth-order valence-electron chi connectivity index (χ4n) is 2.07. The number of alkyl halides is 2. The summed E-state index contributed by atoms with van der Waals surface area (Å²) in [5, 5.41) is 6.76. The van der Waals surface area contributed by atoms with E-state index in [1.165, 1.54) is 12.1 Å². The maximum absolute atomic E-state index is 12.5. The van der Waals surface area contributed by atoms with Gasteiger partial charge in [-0.1, -0.05) is 11.6 Å². The van der Waals surface area contributed by atoms with Crippen LogP contribution in [-0.4, -0.2) is 38.9 Å². The first-order valence-electron chi connectivity index (χ1n) is 8.40. The standard InChI is InChI=1S/C17H26ClF2N3O2/c1-3-21-17(22-9-5-6-10-24-4-2)23-12-13-11-14(18)7-8-15(13)25-16(19)20/h7-8,11,16H,3-6,9-10,12H2,1-2H3,(H2,21,22,23). The number of rotatable bonds is 11. The molecule has 0 fully saturated rings. The Hall–Kier alpha value is -1.60. The zero-order chi connectivity index (χ0) is 18.5. The molecule has 5 nitrogen and oxygen atoms in total. The van der Waals surface area contributed by atoms with Crippen LogP contribution in [0.2, 0.25) is 5.02 Å². The van der Waals surface area contributed by atoms with E-state index in [1.54, 1.807) is 6.07 Å². The summed E-state index contributed by atoms with van der Waals surface area (Å²) in [6.45, 7) is 4.11. The minimum atomic E-state index is -2.89. The number of aliphatic imine (C=N–C) groups is 1. The Labute approximate surface area is 152 Å². The predicted molar refractivity (Wildman–Crippen MR) is 96.6 cm³/mol. The van der Waals surface area contributed by atoms with Gasteiger partial charge in [0.2, 0.25) is 0 Å². The minimum absolute atomic E-state index is 0.0794. The smallest absolute Gasteiger partial charge is 0.387 e. The number of halogens is 3. The SMILES string of the molecule is CCNC(=NCc1cc(Cl)ccc1OC(F)F)NCCCCOCC. The number of hydrogen-bond donors (Lipinski definition) is 2. The van der Waals surface area contributed by atoms with Gasteiger partial charge >= 0.3 is 6.61 Å². The van der Waals surface area contributed by atoms with Gasteiger partial charge in [0.25, 0.3) is 0 Å². The Morgan fingerprint density at radius 3 is 2.72 bits per heavy atom. The number of nitrogens with zero attached hydrogens (tertiary/aromatic N) is 1. The van der Waals surface area contributed by atoms with Gasteiger partial charge in [0.1, 0.15) is 5.75 Å². The summed E-state index contributed by atoms with van der Waals surface area (Å²) in [5.74, 6) is 0.692. The second-order valence-electron chi connectivity index (χ2n) is 5.16. The Bertz CT molecular complexity index is 531. The topological polar surface area (TPSA) is 54.9 Å². The van der Waals surface area contributed by atoms with Gasteiger partial charge < -0.3 is 20.1 Å². The van der Waals surface area contributed by atoms with E-state index in [0.29, 0.717) is 23.1 Å². The number of unbranched alkanes of at least 4 members (excludes halogenated alkanes) is 1. The van der Waals surface area contributed by atoms with Gasteiger partial charge in [-0.3, -0.25) is 0 Å². The summed E-state index contributed by atoms with van der Waals surface area (Å²) >= 11 is 5.94. The van der Waals surface area contributed by atoms with E-state index in [2.05, 4.69) is 20.4 Å². The number of benzene rings is 1. The maximum Gasteiger partial charge on any atom is 0.387 e. The molecule has 1 aromatic carbocycles. The van der Waals surface area contributed by atoms with Gasteiger partial charge in [0.05, 0.1) is 6.54 Å². The number of hydrogen-bond acceptors (Lipinski definition) is 3. The van der Waals surface area contributed by atoms with Crippen molar-refractivity contribution in [1.82, 2.24) is 10.6 Å². The second-order valence-corrected chi connectivity index (χ2v) is 5.59. The molecule has 1 rings (SSSR count). The average Bonchev–Trinajstić information content (AvgIpc) is 2.57. The fraction of sp³-hybridized carbons (Fsp3) is 0.588. The summed E-state index contributed by atoms with van der Waals surface area (Å²) in [5.41, 5.74) is 0.501. The van der Waals surface area contributed by atoms with Crippen molar-refractivity contribution < 1.29 is 18.3 Å². The normalized spacial score (nSPS) is 11.7. The second kappa shape index (κ2) is 12.7. The molecule has 0 heterocycles. The Morgan fingerprint density at radius 2 is 2.04 bits per heavy atom. The first kappa shape index (κ1) is 21.4. The highest BCUT2D eigenvalue weighted by Crippen LogP contribution is 2.25. The molecule has 0 spiro atoms. The molecule has 0 aliphatic heterocycles. The summed E-state index contributed by atoms with van der Waals surface area (Å²) in [7, 11) is 0. The molecule has 2 N–H and O–H groups in total. The van der Waals surface area contributed by atoms with E-state index in [4.69, 9.17) is 16.3 Å². The highest BCUT2D eigenvalue weighted by molar-refractivity contribution is 6.30. The molecule has 0 saturated heterocycles. The molecule has 0 amide bonds. The first-order chi connectivity index (χ1) is 12.1. The molecule has 1 aromatic rings. The molecule has 0 unspecified atom stereocenters. The van der Waals surface area contributed by atoms with Crippen molar-refractivity contribution in [3.8, 4) is 5.75 Å². The Morgan fingerprint density at radius 1 is 1.24 bits per heavy atom.